The van der Waals surface area contributed by atoms with E-state index in [1.807, 2.05) is 93.0 Å². The third-order valence-electron chi connectivity index (χ3n) is 11.5. The molecule has 2 bridgehead atoms. The fourth-order valence-corrected chi connectivity index (χ4v) is 10.8. The van der Waals surface area contributed by atoms with Gasteiger partial charge < -0.3 is 37.8 Å². The van der Waals surface area contributed by atoms with Crippen LogP contribution in [0.5, 0.6) is 11.5 Å². The van der Waals surface area contributed by atoms with Gasteiger partial charge in [-0.3, -0.25) is 23.8 Å². The van der Waals surface area contributed by atoms with Crippen LogP contribution >= 0.6 is 8.30 Å². The maximum atomic E-state index is 13.9. The van der Waals surface area contributed by atoms with E-state index in [1.165, 1.54) is 12.7 Å². The summed E-state index contributed by atoms with van der Waals surface area (Å²) in [5.74, 6) is 0.929. The lowest BCUT2D eigenvalue weighted by atomic mass is 9.79. The van der Waals surface area contributed by atoms with Crippen LogP contribution in [0, 0.1) is 11.3 Å². The van der Waals surface area contributed by atoms with E-state index in [1.54, 1.807) is 37.5 Å². The van der Waals surface area contributed by atoms with Crippen molar-refractivity contribution in [3.05, 3.63) is 112 Å². The molecule has 2 unspecified atom stereocenters. The van der Waals surface area contributed by atoms with Crippen molar-refractivity contribution in [2.45, 2.75) is 95.3 Å². The molecule has 2 fully saturated rings. The number of carbonyl (C=O) groups is 1. The highest BCUT2D eigenvalue weighted by molar-refractivity contribution is 7.51. The van der Waals surface area contributed by atoms with Crippen molar-refractivity contribution >= 4 is 37.7 Å². The van der Waals surface area contributed by atoms with Crippen LogP contribution in [0.25, 0.3) is 11.2 Å². The third-order valence-corrected chi connectivity index (χ3v) is 13.9. The van der Waals surface area contributed by atoms with Crippen molar-refractivity contribution in [2.24, 2.45) is 4.99 Å². The lowest BCUT2D eigenvalue weighted by Gasteiger charge is -2.42. The topological polar surface area (TPSA) is 188 Å². The van der Waals surface area contributed by atoms with Crippen LogP contribution in [-0.4, -0.2) is 125 Å². The smallest absolute Gasteiger partial charge is 0.314 e. The zero-order valence-electron chi connectivity index (χ0n) is 39.1. The van der Waals surface area contributed by atoms with Gasteiger partial charge in [0.1, 0.15) is 55.0 Å². The maximum Gasteiger partial charge on any atom is 0.314 e. The number of carbonyl (C=O) groups excluding carboxylic acids is 1. The number of aromatic nitrogens is 4. The normalized spacial score (nSPS) is 20.1. The summed E-state index contributed by atoms with van der Waals surface area (Å²) in [4.78, 5) is 45.2. The first-order chi connectivity index (χ1) is 31.5. The standard InChI is InChI=1S/C48H59N8O9P/c1-31(2)56(32(3)4)66(26-38(57)63-46(5,6)24-25-49)65-41-40-44(55-30-50-39-42(55)52-45(53-43(39)58)51-29-54(7)8)64-47(41,27-61-40)28-62-48(33-14-12-11-13-15-33,34-16-20-36(59-9)21-17-34)35-18-22-37(60-10)23-19-35/h11-23,29-32,40-41,44H,24,26-28H2,1-10H3,(H,52,53,58)/b51-29+/t40?,41-,44-,47-,66?/m1/s1. The number of benzene rings is 3. The number of nitriles is 1. The molecule has 3 aromatic carbocycles. The molecule has 2 aliphatic rings. The van der Waals surface area contributed by atoms with Gasteiger partial charge in [-0.25, -0.2) is 9.98 Å². The monoisotopic (exact) mass is 922 g/mol. The van der Waals surface area contributed by atoms with Gasteiger partial charge in [0.2, 0.25) is 5.95 Å². The molecule has 2 saturated heterocycles. The number of hydrogen-bond donors (Lipinski definition) is 1. The molecule has 0 spiro atoms. The van der Waals surface area contributed by atoms with Gasteiger partial charge in [-0.2, -0.15) is 10.2 Å². The predicted molar refractivity (Wildman–Crippen MR) is 250 cm³/mol. The summed E-state index contributed by atoms with van der Waals surface area (Å²) in [6, 6.07) is 27.4. The summed E-state index contributed by atoms with van der Waals surface area (Å²) in [7, 11) is 5.10. The Hall–Kier alpha value is -5.73. The highest BCUT2D eigenvalue weighted by Crippen LogP contribution is 2.56. The number of aromatic amines is 1. The summed E-state index contributed by atoms with van der Waals surface area (Å²) in [5, 5.41) is 9.48. The second-order valence-corrected chi connectivity index (χ2v) is 19.4. The number of rotatable bonds is 20. The molecule has 0 amide bonds. The SMILES string of the molecule is COc1ccc(C(OC[C@@]23COC([C@H](n4cnc5c(=O)[nH]c(/N=C/N(C)C)nc54)O2)[C@H]3OP(CC(=O)OC(C)(C)CC#N)N(C(C)C)C(C)C)(c2ccccc2)c2ccc(OC)cc2)cc1. The molecule has 350 valence electrons. The number of H-pyrrole nitrogens is 1. The van der Waals surface area contributed by atoms with Crippen molar-refractivity contribution in [1.29, 1.82) is 5.26 Å². The van der Waals surface area contributed by atoms with Gasteiger partial charge in [0, 0.05) is 26.2 Å². The van der Waals surface area contributed by atoms with Gasteiger partial charge in [-0.1, -0.05) is 54.6 Å². The summed E-state index contributed by atoms with van der Waals surface area (Å²) in [6.07, 6.45) is 0.387. The van der Waals surface area contributed by atoms with E-state index in [0.717, 1.165) is 16.7 Å². The van der Waals surface area contributed by atoms with Crippen LogP contribution < -0.4 is 15.0 Å². The van der Waals surface area contributed by atoms with Crippen LogP contribution in [-0.2, 0) is 33.9 Å². The summed E-state index contributed by atoms with van der Waals surface area (Å²) >= 11 is 0. The number of hydrogen-bond acceptors (Lipinski definition) is 14. The number of imidazole rings is 1. The predicted octanol–water partition coefficient (Wildman–Crippen LogP) is 7.08. The van der Waals surface area contributed by atoms with Crippen LogP contribution in [0.15, 0.2) is 95.0 Å². The molecular weight excluding hydrogens is 864 g/mol. The minimum Gasteiger partial charge on any atom is -0.497 e. The first kappa shape index (κ1) is 48.2. The lowest BCUT2D eigenvalue weighted by molar-refractivity contribution is -0.201. The average molecular weight is 923 g/mol. The van der Waals surface area contributed by atoms with E-state index in [-0.39, 0.29) is 55.0 Å². The number of nitrogens with one attached hydrogen (secondary N) is 1. The summed E-state index contributed by atoms with van der Waals surface area (Å²) < 4.78 is 49.7. The second-order valence-electron chi connectivity index (χ2n) is 17.7. The minimum atomic E-state index is -1.76. The van der Waals surface area contributed by atoms with Crippen molar-refractivity contribution in [2.75, 3.05) is 47.7 Å². The van der Waals surface area contributed by atoms with Gasteiger partial charge in [-0.15, -0.1) is 0 Å². The number of ether oxygens (including phenoxy) is 6. The first-order valence-electron chi connectivity index (χ1n) is 21.8. The summed E-state index contributed by atoms with van der Waals surface area (Å²) in [6.45, 7) is 11.6. The molecule has 0 aliphatic carbocycles. The quantitative estimate of drug-likeness (QED) is 0.0274. The van der Waals surface area contributed by atoms with Crippen LogP contribution in [0.1, 0.15) is 70.9 Å². The molecular formula is C48H59N8O9P. The molecule has 7 rings (SSSR count). The highest BCUT2D eigenvalue weighted by atomic mass is 31.2. The zero-order valence-corrected chi connectivity index (χ0v) is 40.0. The van der Waals surface area contributed by atoms with Gasteiger partial charge in [-0.05, 0) is 82.5 Å². The van der Waals surface area contributed by atoms with Crippen molar-refractivity contribution in [1.82, 2.24) is 29.1 Å². The van der Waals surface area contributed by atoms with E-state index in [0.29, 0.717) is 11.5 Å². The lowest BCUT2D eigenvalue weighted by Crippen LogP contribution is -2.49. The molecule has 5 aromatic rings. The Kier molecular flexibility index (Phi) is 14.6. The fourth-order valence-electron chi connectivity index (χ4n) is 8.61. The molecule has 2 aliphatic heterocycles. The van der Waals surface area contributed by atoms with Crippen LogP contribution in [0.4, 0.5) is 5.95 Å². The number of fused-ring (bicyclic) bond motifs is 3. The third kappa shape index (κ3) is 9.85. The van der Waals surface area contributed by atoms with Crippen molar-refractivity contribution in [3.8, 4) is 17.6 Å². The Morgan fingerprint density at radius 2 is 1.61 bits per heavy atom. The number of esters is 1. The van der Waals surface area contributed by atoms with Crippen LogP contribution in [0.3, 0.4) is 0 Å². The largest absolute Gasteiger partial charge is 0.497 e. The van der Waals surface area contributed by atoms with E-state index in [9.17, 15) is 14.9 Å². The second kappa shape index (κ2) is 20.0. The van der Waals surface area contributed by atoms with Gasteiger partial charge >= 0.3 is 5.97 Å². The molecule has 0 radical (unpaired) electrons. The maximum absolute atomic E-state index is 13.9. The number of aliphatic imine (C=N–C) groups is 1. The summed E-state index contributed by atoms with van der Waals surface area (Å²) in [5.41, 5.74) is -1.27. The zero-order chi connectivity index (χ0) is 47.4. The molecule has 2 aromatic heterocycles. The fraction of sp³-hybridized carbons (Fsp3) is 0.458. The van der Waals surface area contributed by atoms with E-state index in [4.69, 9.17) is 37.9 Å². The number of methoxy groups -OCH3 is 2. The van der Waals surface area contributed by atoms with Crippen molar-refractivity contribution < 1.29 is 37.7 Å². The average Bonchev–Trinajstić information content (AvgIpc) is 3.96. The Labute approximate surface area is 386 Å². The van der Waals surface area contributed by atoms with Crippen LogP contribution in [0.2, 0.25) is 0 Å². The first-order valence-corrected chi connectivity index (χ1v) is 23.2. The molecule has 18 heteroatoms. The van der Waals surface area contributed by atoms with Gasteiger partial charge in [0.15, 0.2) is 17.4 Å². The Bertz CT molecular complexity index is 2520. The minimum absolute atomic E-state index is 0.0214. The molecule has 4 heterocycles. The Morgan fingerprint density at radius 1 is 1.00 bits per heavy atom. The van der Waals surface area contributed by atoms with Gasteiger partial charge in [0.05, 0.1) is 52.6 Å². The Morgan fingerprint density at radius 3 is 2.17 bits per heavy atom. The molecule has 5 atom stereocenters. The van der Waals surface area contributed by atoms with E-state index < -0.39 is 55.1 Å². The molecule has 17 nitrogen and oxygen atoms in total. The number of nitrogens with zero attached hydrogens (tertiary/aromatic N) is 7. The van der Waals surface area contributed by atoms with Crippen molar-refractivity contribution in [3.63, 3.8) is 0 Å². The molecule has 0 saturated carbocycles. The molecule has 66 heavy (non-hydrogen) atoms. The highest BCUT2D eigenvalue weighted by Gasteiger charge is 2.65. The molecule has 1 N–H and O–H groups in total. The Balaban J connectivity index is 1.38. The van der Waals surface area contributed by atoms with Gasteiger partial charge in [0.25, 0.3) is 5.56 Å². The van der Waals surface area contributed by atoms with E-state index in [2.05, 4.69) is 53.4 Å². The van der Waals surface area contributed by atoms with E-state index >= 15 is 0 Å².